The first-order valence-electron chi connectivity index (χ1n) is 18.9. The molecule has 3 rings (SSSR count). The average molecular weight is 707 g/mol. The van der Waals surface area contributed by atoms with Crippen molar-refractivity contribution in [3.8, 4) is 0 Å². The van der Waals surface area contributed by atoms with E-state index < -0.39 is 60.6 Å². The minimum absolute atomic E-state index is 0.0163. The van der Waals surface area contributed by atoms with Crippen LogP contribution in [0, 0.1) is 29.6 Å². The maximum Gasteiger partial charge on any atom is 0.311 e. The third-order valence-electron chi connectivity index (χ3n) is 11.0. The summed E-state index contributed by atoms with van der Waals surface area (Å²) in [5.41, 5.74) is 1.91. The van der Waals surface area contributed by atoms with Crippen molar-refractivity contribution in [2.75, 3.05) is 0 Å². The number of esters is 1. The molecule has 3 aliphatic heterocycles. The van der Waals surface area contributed by atoms with Gasteiger partial charge in [-0.3, -0.25) is 9.59 Å². The molecule has 10 heteroatoms. The van der Waals surface area contributed by atoms with Gasteiger partial charge in [-0.2, -0.15) is 0 Å². The number of cyclic esters (lactones) is 1. The van der Waals surface area contributed by atoms with E-state index in [1.165, 1.54) is 0 Å². The highest BCUT2D eigenvalue weighted by molar-refractivity contribution is 5.80. The van der Waals surface area contributed by atoms with Crippen LogP contribution in [0.15, 0.2) is 35.5 Å². The van der Waals surface area contributed by atoms with Gasteiger partial charge in [0.25, 0.3) is 0 Å². The number of rotatable bonds is 9. The summed E-state index contributed by atoms with van der Waals surface area (Å²) in [6.07, 6.45) is 6.93. The van der Waals surface area contributed by atoms with Gasteiger partial charge in [0.15, 0.2) is 12.1 Å². The summed E-state index contributed by atoms with van der Waals surface area (Å²) in [6.45, 7) is 17.3. The molecule has 1 fully saturated rings. The Morgan fingerprint density at radius 1 is 1.06 bits per heavy atom. The number of aliphatic hydroxyl groups excluding tert-OH is 3. The number of ether oxygens (including phenoxy) is 4. The van der Waals surface area contributed by atoms with E-state index in [1.54, 1.807) is 20.8 Å². The van der Waals surface area contributed by atoms with Crippen molar-refractivity contribution in [2.45, 2.75) is 175 Å². The van der Waals surface area contributed by atoms with Gasteiger partial charge in [-0.25, -0.2) is 0 Å². The summed E-state index contributed by atoms with van der Waals surface area (Å²) in [5.74, 6) is -3.05. The molecular weight excluding hydrogens is 640 g/mol. The average Bonchev–Trinajstić information content (AvgIpc) is 3.05. The number of carbonyl (C=O) groups excluding carboxylic acids is 2. The number of Topliss-reactive ketones (excluding diaryl/α,β-unsaturated/α-hetero) is 1. The lowest BCUT2D eigenvalue weighted by Gasteiger charge is -2.38. The summed E-state index contributed by atoms with van der Waals surface area (Å²) in [7, 11) is 0. The van der Waals surface area contributed by atoms with Gasteiger partial charge in [0.2, 0.25) is 0 Å². The molecule has 3 heterocycles. The van der Waals surface area contributed by atoms with Crippen LogP contribution in [0.2, 0.25) is 0 Å². The molecule has 0 aromatic carbocycles. The Kier molecular flexibility index (Phi) is 16.4. The van der Waals surface area contributed by atoms with E-state index in [1.807, 2.05) is 33.8 Å². The zero-order valence-electron chi connectivity index (χ0n) is 31.9. The fourth-order valence-corrected chi connectivity index (χ4v) is 7.82. The fourth-order valence-electron chi connectivity index (χ4n) is 7.82. The quantitative estimate of drug-likeness (QED) is 0.167. The molecule has 0 spiro atoms. The number of carbonyl (C=O) groups is 2. The Balaban J connectivity index is 1.88. The van der Waals surface area contributed by atoms with Crippen LogP contribution in [0.4, 0.5) is 0 Å². The predicted molar refractivity (Wildman–Crippen MR) is 192 cm³/mol. The largest absolute Gasteiger partial charge is 0.462 e. The number of allylic oxidation sites excluding steroid dienone is 2. The summed E-state index contributed by atoms with van der Waals surface area (Å²) in [5, 5.41) is 43.0. The highest BCUT2D eigenvalue weighted by Crippen LogP contribution is 2.35. The molecule has 0 aromatic rings. The molecule has 10 nitrogen and oxygen atoms in total. The predicted octanol–water partition coefficient (Wildman–Crippen LogP) is 5.94. The van der Waals surface area contributed by atoms with Crippen LogP contribution < -0.4 is 0 Å². The van der Waals surface area contributed by atoms with Crippen molar-refractivity contribution in [1.82, 2.24) is 0 Å². The summed E-state index contributed by atoms with van der Waals surface area (Å²) in [6, 6.07) is 0. The second-order valence-corrected chi connectivity index (χ2v) is 15.7. The maximum atomic E-state index is 13.6. The summed E-state index contributed by atoms with van der Waals surface area (Å²) >= 11 is 0. The second-order valence-electron chi connectivity index (χ2n) is 15.7. The number of hydrogen-bond donors (Lipinski definition) is 4. The van der Waals surface area contributed by atoms with Gasteiger partial charge in [-0.1, -0.05) is 65.8 Å². The van der Waals surface area contributed by atoms with Crippen molar-refractivity contribution in [3.63, 3.8) is 0 Å². The highest BCUT2D eigenvalue weighted by Gasteiger charge is 2.40. The van der Waals surface area contributed by atoms with Gasteiger partial charge in [0, 0.05) is 25.2 Å². The lowest BCUT2D eigenvalue weighted by atomic mass is 9.79. The highest BCUT2D eigenvalue weighted by atomic mass is 16.7. The van der Waals surface area contributed by atoms with E-state index in [4.69, 9.17) is 18.9 Å². The van der Waals surface area contributed by atoms with E-state index >= 15 is 0 Å². The minimum atomic E-state index is -1.71. The third-order valence-corrected chi connectivity index (χ3v) is 11.0. The molecule has 0 radical (unpaired) electrons. The van der Waals surface area contributed by atoms with Gasteiger partial charge < -0.3 is 39.4 Å². The first kappa shape index (κ1) is 42.5. The van der Waals surface area contributed by atoms with Gasteiger partial charge >= 0.3 is 5.97 Å². The van der Waals surface area contributed by atoms with E-state index in [0.29, 0.717) is 25.7 Å². The molecule has 3 aliphatic rings. The molecule has 0 aliphatic carbocycles. The molecule has 0 amide bonds. The van der Waals surface area contributed by atoms with E-state index in [9.17, 15) is 30.0 Å². The first-order valence-corrected chi connectivity index (χ1v) is 18.9. The van der Waals surface area contributed by atoms with E-state index in [-0.39, 0.29) is 54.8 Å². The van der Waals surface area contributed by atoms with Crippen molar-refractivity contribution >= 4 is 11.8 Å². The van der Waals surface area contributed by atoms with E-state index in [0.717, 1.165) is 24.0 Å². The van der Waals surface area contributed by atoms with Crippen molar-refractivity contribution in [1.29, 1.82) is 0 Å². The Hall–Kier alpha value is -1.92. The van der Waals surface area contributed by atoms with Crippen LogP contribution in [0.25, 0.3) is 0 Å². The molecule has 4 N–H and O–H groups in total. The fraction of sp³-hybridized carbons (Fsp3) is 0.800. The topological polar surface area (TPSA) is 152 Å². The van der Waals surface area contributed by atoms with Crippen LogP contribution in [0.3, 0.4) is 0 Å². The second kappa shape index (κ2) is 19.2. The lowest BCUT2D eigenvalue weighted by molar-refractivity contribution is -0.254. The van der Waals surface area contributed by atoms with Crippen LogP contribution in [-0.4, -0.2) is 87.0 Å². The molecule has 0 aromatic heterocycles. The molecule has 50 heavy (non-hydrogen) atoms. The minimum Gasteiger partial charge on any atom is -0.462 e. The number of aliphatic hydroxyl groups is 4. The van der Waals surface area contributed by atoms with Gasteiger partial charge in [-0.05, 0) is 87.7 Å². The van der Waals surface area contributed by atoms with Crippen LogP contribution in [0.1, 0.15) is 120 Å². The smallest absolute Gasteiger partial charge is 0.311 e. The Morgan fingerprint density at radius 3 is 2.40 bits per heavy atom. The van der Waals surface area contributed by atoms with Crippen LogP contribution in [-0.2, 0) is 28.5 Å². The summed E-state index contributed by atoms with van der Waals surface area (Å²) in [4.78, 5) is 25.9. The van der Waals surface area contributed by atoms with Gasteiger partial charge in [0.05, 0.1) is 30.8 Å². The molecule has 286 valence electrons. The Labute approximate surface area is 300 Å². The molecule has 2 bridgehead atoms. The van der Waals surface area contributed by atoms with Crippen LogP contribution >= 0.6 is 0 Å². The SMILES string of the molecule is CCC(=O)[C@@H](C)[C@@H](O)[C@H](C)C[C@@H](C)C1OC(=O)C[C@@]2(O)CC=C(C)C(O2)/C(C)=C/CCC[C@@H](O[C@H]2C[C@@H](O)[C@H](O)[C@@H](C)O2)/C=C/[C@H](C)C[C@H]1C. The van der Waals surface area contributed by atoms with Crippen LogP contribution in [0.5, 0.6) is 0 Å². The lowest BCUT2D eigenvalue weighted by Crippen LogP contribution is -2.48. The number of hydrogen-bond acceptors (Lipinski definition) is 10. The third kappa shape index (κ3) is 12.1. The summed E-state index contributed by atoms with van der Waals surface area (Å²) < 4.78 is 24.7. The first-order chi connectivity index (χ1) is 23.4. The van der Waals surface area contributed by atoms with Gasteiger partial charge in [0.1, 0.15) is 24.1 Å². The maximum absolute atomic E-state index is 13.6. The molecule has 14 atom stereocenters. The number of fused-ring (bicyclic) bond motifs is 2. The van der Waals surface area contributed by atoms with Crippen molar-refractivity contribution < 1.29 is 49.0 Å². The Morgan fingerprint density at radius 2 is 1.74 bits per heavy atom. The zero-order valence-corrected chi connectivity index (χ0v) is 31.9. The zero-order chi connectivity index (χ0) is 37.3. The molecule has 2 unspecified atom stereocenters. The molecular formula is C40H66O10. The normalized spacial score (nSPS) is 39.3. The standard InChI is InChI=1S/C40H66O10/c1-10-32(41)29(8)36(44)26(5)20-28(7)38-27(6)19-23(2)15-16-31(48-35-21-33(42)37(45)30(9)47-35)14-12-11-13-24(3)39-25(4)17-18-40(46,50-39)22-34(43)49-38/h13,15-17,23,26-31,33,35-39,42,44-46H,10-12,14,18-22H2,1-9H3/b16-15+,24-13+/t23-,26+,27+,28+,29+,30+,31+,33+,35-,36-,37+,38?,39?,40+/m0/s1. The van der Waals surface area contributed by atoms with Gasteiger partial charge in [-0.15, -0.1) is 0 Å². The monoisotopic (exact) mass is 706 g/mol. The molecule has 0 saturated carbocycles. The van der Waals surface area contributed by atoms with Crippen molar-refractivity contribution in [3.05, 3.63) is 35.5 Å². The van der Waals surface area contributed by atoms with E-state index in [2.05, 4.69) is 32.1 Å². The number of ketones is 1. The molecule has 1 saturated heterocycles. The van der Waals surface area contributed by atoms with Crippen molar-refractivity contribution in [2.24, 2.45) is 29.6 Å². The Bertz CT molecular complexity index is 1180.